The molecule has 0 aliphatic rings. The lowest BCUT2D eigenvalue weighted by Gasteiger charge is -2.27. The SMILES string of the molecule is CCC(F)(F)c1ccc(CC(=O)Nc2ccc(-c3nccnc3N(C)[C@@H](C)c3ccc(Cl)cc3)cc2)cc1. The summed E-state index contributed by atoms with van der Waals surface area (Å²) in [5.74, 6) is -2.37. The number of nitrogens with one attached hydrogen (secondary N) is 1. The Labute approximate surface area is 226 Å². The van der Waals surface area contributed by atoms with Crippen LogP contribution in [0, 0.1) is 0 Å². The number of carbonyl (C=O) groups is 1. The average molecular weight is 535 g/mol. The number of hydrogen-bond donors (Lipinski definition) is 1. The summed E-state index contributed by atoms with van der Waals surface area (Å²) >= 11 is 6.04. The normalized spacial score (nSPS) is 12.2. The molecule has 1 amide bonds. The van der Waals surface area contributed by atoms with E-state index in [9.17, 15) is 13.6 Å². The third kappa shape index (κ3) is 6.34. The van der Waals surface area contributed by atoms with Gasteiger partial charge in [-0.25, -0.2) is 13.8 Å². The van der Waals surface area contributed by atoms with E-state index in [1.165, 1.54) is 19.1 Å². The van der Waals surface area contributed by atoms with E-state index in [2.05, 4.69) is 27.1 Å². The highest BCUT2D eigenvalue weighted by atomic mass is 35.5. The number of alkyl halides is 2. The zero-order chi connectivity index (χ0) is 27.3. The largest absolute Gasteiger partial charge is 0.351 e. The number of benzene rings is 3. The van der Waals surface area contributed by atoms with Gasteiger partial charge in [-0.2, -0.15) is 0 Å². The van der Waals surface area contributed by atoms with Crippen LogP contribution in [0.5, 0.6) is 0 Å². The number of hydrogen-bond acceptors (Lipinski definition) is 4. The second-order valence-electron chi connectivity index (χ2n) is 9.12. The number of halogens is 3. The minimum Gasteiger partial charge on any atom is -0.351 e. The summed E-state index contributed by atoms with van der Waals surface area (Å²) in [7, 11) is 1.97. The fourth-order valence-electron chi connectivity index (χ4n) is 4.11. The van der Waals surface area contributed by atoms with Gasteiger partial charge in [0.1, 0.15) is 5.69 Å². The molecule has 3 aromatic carbocycles. The molecule has 4 aromatic rings. The van der Waals surface area contributed by atoms with Crippen molar-refractivity contribution in [3.8, 4) is 11.3 Å². The highest BCUT2D eigenvalue weighted by Gasteiger charge is 2.28. The van der Waals surface area contributed by atoms with Crippen LogP contribution in [0.1, 0.15) is 43.0 Å². The summed E-state index contributed by atoms with van der Waals surface area (Å²) in [4.78, 5) is 23.8. The zero-order valence-corrected chi connectivity index (χ0v) is 22.2. The van der Waals surface area contributed by atoms with Gasteiger partial charge in [-0.3, -0.25) is 9.78 Å². The van der Waals surface area contributed by atoms with Gasteiger partial charge in [-0.05, 0) is 42.3 Å². The van der Waals surface area contributed by atoms with Crippen molar-refractivity contribution in [3.63, 3.8) is 0 Å². The van der Waals surface area contributed by atoms with Crippen molar-refractivity contribution >= 4 is 29.0 Å². The van der Waals surface area contributed by atoms with Crippen LogP contribution in [0.25, 0.3) is 11.3 Å². The van der Waals surface area contributed by atoms with Gasteiger partial charge in [-0.15, -0.1) is 0 Å². The van der Waals surface area contributed by atoms with E-state index >= 15 is 0 Å². The van der Waals surface area contributed by atoms with E-state index in [0.717, 1.165) is 22.6 Å². The molecule has 196 valence electrons. The lowest BCUT2D eigenvalue weighted by Crippen LogP contribution is -2.23. The van der Waals surface area contributed by atoms with Crippen molar-refractivity contribution in [2.75, 3.05) is 17.3 Å². The molecule has 0 fully saturated rings. The highest BCUT2D eigenvalue weighted by Crippen LogP contribution is 2.33. The third-order valence-corrected chi connectivity index (χ3v) is 6.83. The molecular formula is C30H29ClF2N4O. The molecule has 1 aromatic heterocycles. The number of anilines is 2. The van der Waals surface area contributed by atoms with Gasteiger partial charge in [0, 0.05) is 47.7 Å². The van der Waals surface area contributed by atoms with Crippen molar-refractivity contribution < 1.29 is 13.6 Å². The maximum absolute atomic E-state index is 13.8. The first-order valence-corrected chi connectivity index (χ1v) is 12.7. The van der Waals surface area contributed by atoms with Gasteiger partial charge < -0.3 is 10.2 Å². The first kappa shape index (κ1) is 27.2. The predicted molar refractivity (Wildman–Crippen MR) is 149 cm³/mol. The van der Waals surface area contributed by atoms with Crippen molar-refractivity contribution in [2.24, 2.45) is 0 Å². The van der Waals surface area contributed by atoms with E-state index in [0.29, 0.717) is 16.3 Å². The summed E-state index contributed by atoms with van der Waals surface area (Å²) < 4.78 is 27.7. The standard InChI is InChI=1S/C30H29ClF2N4O/c1-4-30(32,33)24-11-5-21(6-12-24)19-27(38)36-26-15-9-23(10-16-26)28-29(35-18-17-34-28)37(3)20(2)22-7-13-25(31)14-8-22/h5-18,20H,4,19H2,1-3H3,(H,36,38)/t20-/m0/s1. The lowest BCUT2D eigenvalue weighted by molar-refractivity contribution is -0.115. The van der Waals surface area contributed by atoms with E-state index in [1.807, 2.05) is 43.4 Å². The summed E-state index contributed by atoms with van der Waals surface area (Å²) in [6.07, 6.45) is 3.13. The molecule has 1 N–H and O–H groups in total. The average Bonchev–Trinajstić information content (AvgIpc) is 2.93. The molecule has 1 heterocycles. The highest BCUT2D eigenvalue weighted by molar-refractivity contribution is 6.30. The molecule has 5 nitrogen and oxygen atoms in total. The summed E-state index contributed by atoms with van der Waals surface area (Å²) in [5.41, 5.74) is 3.92. The Bertz CT molecular complexity index is 1380. The van der Waals surface area contributed by atoms with Crippen LogP contribution < -0.4 is 10.2 Å². The van der Waals surface area contributed by atoms with Crippen molar-refractivity contribution in [1.82, 2.24) is 9.97 Å². The number of rotatable bonds is 9. The molecule has 0 aliphatic heterocycles. The monoisotopic (exact) mass is 534 g/mol. The molecule has 0 saturated heterocycles. The lowest BCUT2D eigenvalue weighted by atomic mass is 10.0. The molecule has 0 saturated carbocycles. The fourth-order valence-corrected chi connectivity index (χ4v) is 4.24. The molecule has 0 unspecified atom stereocenters. The van der Waals surface area contributed by atoms with Crippen LogP contribution in [0.3, 0.4) is 0 Å². The van der Waals surface area contributed by atoms with Crippen LogP contribution in [0.4, 0.5) is 20.3 Å². The van der Waals surface area contributed by atoms with Gasteiger partial charge in [0.2, 0.25) is 5.91 Å². The summed E-state index contributed by atoms with van der Waals surface area (Å²) in [6.45, 7) is 3.53. The van der Waals surface area contributed by atoms with Gasteiger partial charge in [0.05, 0.1) is 12.5 Å². The molecule has 1 atom stereocenters. The number of nitrogens with zero attached hydrogens (tertiary/aromatic N) is 3. The Balaban J connectivity index is 1.44. The van der Waals surface area contributed by atoms with E-state index in [4.69, 9.17) is 11.6 Å². The minimum atomic E-state index is -2.87. The molecule has 4 rings (SSSR count). The van der Waals surface area contributed by atoms with Crippen molar-refractivity contribution in [3.05, 3.63) is 107 Å². The first-order chi connectivity index (χ1) is 18.2. The second-order valence-corrected chi connectivity index (χ2v) is 9.56. The van der Waals surface area contributed by atoms with Crippen LogP contribution in [0.2, 0.25) is 5.02 Å². The Morgan fingerprint density at radius 2 is 1.61 bits per heavy atom. The molecule has 0 radical (unpaired) electrons. The number of amides is 1. The zero-order valence-electron chi connectivity index (χ0n) is 21.5. The minimum absolute atomic E-state index is 0.0311. The predicted octanol–water partition coefficient (Wildman–Crippen LogP) is 7.68. The van der Waals surface area contributed by atoms with Gasteiger partial charge in [0.25, 0.3) is 5.92 Å². The van der Waals surface area contributed by atoms with Crippen LogP contribution in [-0.2, 0) is 17.1 Å². The summed E-state index contributed by atoms with van der Waals surface area (Å²) in [6, 6.07) is 21.0. The van der Waals surface area contributed by atoms with Crippen LogP contribution in [-0.4, -0.2) is 22.9 Å². The van der Waals surface area contributed by atoms with Gasteiger partial charge in [-0.1, -0.05) is 67.1 Å². The Morgan fingerprint density at radius 1 is 0.974 bits per heavy atom. The second kappa shape index (κ2) is 11.7. The Morgan fingerprint density at radius 3 is 2.24 bits per heavy atom. The van der Waals surface area contributed by atoms with Crippen molar-refractivity contribution in [2.45, 2.75) is 38.7 Å². The third-order valence-electron chi connectivity index (χ3n) is 6.57. The number of carbonyl (C=O) groups excluding carboxylic acids is 1. The Kier molecular flexibility index (Phi) is 8.37. The first-order valence-electron chi connectivity index (χ1n) is 12.3. The van der Waals surface area contributed by atoms with E-state index in [-0.39, 0.29) is 30.4 Å². The van der Waals surface area contributed by atoms with E-state index < -0.39 is 5.92 Å². The van der Waals surface area contributed by atoms with Gasteiger partial charge in [0.15, 0.2) is 5.82 Å². The molecule has 0 aliphatic carbocycles. The fraction of sp³-hybridized carbons (Fsp3) is 0.233. The van der Waals surface area contributed by atoms with Crippen molar-refractivity contribution in [1.29, 1.82) is 0 Å². The smallest absolute Gasteiger partial charge is 0.273 e. The van der Waals surface area contributed by atoms with Crippen LogP contribution in [0.15, 0.2) is 85.2 Å². The molecule has 0 spiro atoms. The van der Waals surface area contributed by atoms with E-state index in [1.54, 1.807) is 36.7 Å². The molecular weight excluding hydrogens is 506 g/mol. The molecule has 0 bridgehead atoms. The quantitative estimate of drug-likeness (QED) is 0.239. The number of aromatic nitrogens is 2. The topological polar surface area (TPSA) is 58.1 Å². The summed E-state index contributed by atoms with van der Waals surface area (Å²) in [5, 5.41) is 3.55. The maximum atomic E-state index is 13.8. The molecule has 38 heavy (non-hydrogen) atoms. The van der Waals surface area contributed by atoms with Gasteiger partial charge >= 0.3 is 0 Å². The maximum Gasteiger partial charge on any atom is 0.273 e. The molecule has 8 heteroatoms. The Hall–Kier alpha value is -3.84. The van der Waals surface area contributed by atoms with Crippen LogP contribution >= 0.6 is 11.6 Å².